The molecule has 1 N–H and O–H groups in total. The zero-order valence-electron chi connectivity index (χ0n) is 9.55. The average molecular weight is 249 g/mol. The van der Waals surface area contributed by atoms with Gasteiger partial charge < -0.3 is 5.11 Å². The lowest BCUT2D eigenvalue weighted by Crippen LogP contribution is -2.35. The Bertz CT molecular complexity index is 339. The molecule has 16 heavy (non-hydrogen) atoms. The predicted molar refractivity (Wildman–Crippen MR) is 61.2 cm³/mol. The summed E-state index contributed by atoms with van der Waals surface area (Å²) in [6, 6.07) is 0.0181. The van der Waals surface area contributed by atoms with E-state index in [1.54, 1.807) is 6.92 Å². The second-order valence-electron chi connectivity index (χ2n) is 4.17. The zero-order valence-corrected chi connectivity index (χ0v) is 10.4. The van der Waals surface area contributed by atoms with E-state index in [9.17, 15) is 13.2 Å². The normalized spacial score (nSPS) is 22.4. The molecule has 0 saturated carbocycles. The molecule has 1 saturated heterocycles. The minimum absolute atomic E-state index is 0.0181. The van der Waals surface area contributed by atoms with E-state index in [1.165, 1.54) is 0 Å². The Morgan fingerprint density at radius 2 is 2.19 bits per heavy atom. The molecule has 1 fully saturated rings. The van der Waals surface area contributed by atoms with Crippen molar-refractivity contribution in [3.8, 4) is 0 Å². The molecule has 1 rings (SSSR count). The van der Waals surface area contributed by atoms with Gasteiger partial charge >= 0.3 is 5.97 Å². The number of hydrogen-bond donors (Lipinski definition) is 1. The van der Waals surface area contributed by atoms with Gasteiger partial charge in [-0.2, -0.15) is 0 Å². The molecule has 1 atom stereocenters. The molecular formula is C10H19NO4S. The molecule has 1 aliphatic rings. The lowest BCUT2D eigenvalue weighted by Gasteiger charge is -2.22. The summed E-state index contributed by atoms with van der Waals surface area (Å²) < 4.78 is 22.7. The van der Waals surface area contributed by atoms with Crippen molar-refractivity contribution in [2.24, 2.45) is 0 Å². The minimum atomic E-state index is -2.95. The van der Waals surface area contributed by atoms with Crippen molar-refractivity contribution in [1.29, 1.82) is 0 Å². The molecule has 0 aromatic rings. The maximum absolute atomic E-state index is 11.3. The van der Waals surface area contributed by atoms with Gasteiger partial charge in [-0.05, 0) is 19.4 Å². The fourth-order valence-corrected chi connectivity index (χ4v) is 2.82. The molecule has 0 bridgehead atoms. The topological polar surface area (TPSA) is 74.7 Å². The van der Waals surface area contributed by atoms with Crippen molar-refractivity contribution < 1.29 is 18.3 Å². The van der Waals surface area contributed by atoms with Crippen molar-refractivity contribution in [1.82, 2.24) is 4.90 Å². The number of carbonyl (C=O) groups is 1. The summed E-state index contributed by atoms with van der Waals surface area (Å²) in [6.07, 6.45) is 1.94. The van der Waals surface area contributed by atoms with Crippen LogP contribution in [0.3, 0.4) is 0 Å². The van der Waals surface area contributed by atoms with E-state index in [1.807, 2.05) is 4.90 Å². The molecule has 94 valence electrons. The van der Waals surface area contributed by atoms with Crippen LogP contribution in [0.1, 0.15) is 26.2 Å². The minimum Gasteiger partial charge on any atom is -0.481 e. The number of rotatable bonds is 6. The lowest BCUT2D eigenvalue weighted by molar-refractivity contribution is -0.138. The Kier molecular flexibility index (Phi) is 4.73. The molecule has 1 aliphatic heterocycles. The van der Waals surface area contributed by atoms with Gasteiger partial charge in [0.1, 0.15) is 0 Å². The summed E-state index contributed by atoms with van der Waals surface area (Å²) in [5.41, 5.74) is 0. The number of sulfone groups is 1. The Morgan fingerprint density at radius 3 is 2.75 bits per heavy atom. The van der Waals surface area contributed by atoms with Crippen LogP contribution in [0.4, 0.5) is 0 Å². The first-order chi connectivity index (χ1) is 7.44. The van der Waals surface area contributed by atoms with Crippen molar-refractivity contribution >= 4 is 15.8 Å². The molecule has 0 radical (unpaired) electrons. The fourth-order valence-electron chi connectivity index (χ4n) is 2.02. The van der Waals surface area contributed by atoms with Crippen molar-refractivity contribution in [3.05, 3.63) is 0 Å². The summed E-state index contributed by atoms with van der Waals surface area (Å²) in [4.78, 5) is 12.6. The molecule has 6 heteroatoms. The van der Waals surface area contributed by atoms with Crippen LogP contribution in [0, 0.1) is 0 Å². The number of nitrogens with zero attached hydrogens (tertiary/aromatic N) is 1. The van der Waals surface area contributed by atoms with E-state index in [0.29, 0.717) is 6.54 Å². The molecule has 0 spiro atoms. The highest BCUT2D eigenvalue weighted by molar-refractivity contribution is 7.91. The third-order valence-corrected chi connectivity index (χ3v) is 4.72. The lowest BCUT2D eigenvalue weighted by atomic mass is 10.1. The van der Waals surface area contributed by atoms with Crippen LogP contribution in [-0.4, -0.2) is 55.0 Å². The standard InChI is InChI=1S/C10H19NO4S/c1-2-16(14,15)7-6-11-5-3-4-9(11)8-10(12)13/h9H,2-8H2,1H3,(H,12,13). The largest absolute Gasteiger partial charge is 0.481 e. The van der Waals surface area contributed by atoms with Gasteiger partial charge in [-0.3, -0.25) is 9.69 Å². The molecule has 1 heterocycles. The maximum atomic E-state index is 11.3. The van der Waals surface area contributed by atoms with Crippen molar-refractivity contribution in [2.45, 2.75) is 32.2 Å². The van der Waals surface area contributed by atoms with Crippen LogP contribution in [-0.2, 0) is 14.6 Å². The summed E-state index contributed by atoms with van der Waals surface area (Å²) in [7, 11) is -2.95. The van der Waals surface area contributed by atoms with Gasteiger partial charge in [0.2, 0.25) is 0 Å². The first-order valence-corrected chi connectivity index (χ1v) is 7.43. The number of aliphatic carboxylic acids is 1. The van der Waals surface area contributed by atoms with Gasteiger partial charge in [-0.25, -0.2) is 8.42 Å². The molecule has 0 amide bonds. The smallest absolute Gasteiger partial charge is 0.304 e. The number of carboxylic acid groups (broad SMARTS) is 1. The van der Waals surface area contributed by atoms with Gasteiger partial charge in [0.05, 0.1) is 12.2 Å². The first kappa shape index (κ1) is 13.4. The Hall–Kier alpha value is -0.620. The second kappa shape index (κ2) is 5.63. The fraction of sp³-hybridized carbons (Fsp3) is 0.900. The van der Waals surface area contributed by atoms with Crippen LogP contribution in [0.25, 0.3) is 0 Å². The van der Waals surface area contributed by atoms with Gasteiger partial charge in [0.25, 0.3) is 0 Å². The summed E-state index contributed by atoms with van der Waals surface area (Å²) in [5, 5.41) is 8.72. The maximum Gasteiger partial charge on any atom is 0.304 e. The molecule has 1 unspecified atom stereocenters. The Balaban J connectivity index is 2.44. The van der Waals surface area contributed by atoms with E-state index in [4.69, 9.17) is 5.11 Å². The van der Waals surface area contributed by atoms with Crippen LogP contribution in [0.5, 0.6) is 0 Å². The molecular weight excluding hydrogens is 230 g/mol. The predicted octanol–water partition coefficient (Wildman–Crippen LogP) is 0.360. The average Bonchev–Trinajstić information content (AvgIpc) is 2.62. The monoisotopic (exact) mass is 249 g/mol. The van der Waals surface area contributed by atoms with Crippen molar-refractivity contribution in [3.63, 3.8) is 0 Å². The van der Waals surface area contributed by atoms with Crippen LogP contribution < -0.4 is 0 Å². The summed E-state index contributed by atoms with van der Waals surface area (Å²) in [6.45, 7) is 2.92. The highest BCUT2D eigenvalue weighted by Crippen LogP contribution is 2.19. The van der Waals surface area contributed by atoms with E-state index >= 15 is 0 Å². The SMILES string of the molecule is CCS(=O)(=O)CCN1CCCC1CC(=O)O. The highest BCUT2D eigenvalue weighted by atomic mass is 32.2. The van der Waals surface area contributed by atoms with Crippen molar-refractivity contribution in [2.75, 3.05) is 24.6 Å². The molecule has 0 aromatic heterocycles. The third-order valence-electron chi connectivity index (χ3n) is 3.04. The van der Waals surface area contributed by atoms with E-state index in [-0.39, 0.29) is 24.0 Å². The Morgan fingerprint density at radius 1 is 1.50 bits per heavy atom. The molecule has 0 aromatic carbocycles. The van der Waals surface area contributed by atoms with Gasteiger partial charge in [-0.15, -0.1) is 0 Å². The number of carboxylic acids is 1. The Labute approximate surface area is 96.4 Å². The molecule has 0 aliphatic carbocycles. The number of likely N-dealkylation sites (tertiary alicyclic amines) is 1. The van der Waals surface area contributed by atoms with Gasteiger partial charge in [0, 0.05) is 18.3 Å². The number of hydrogen-bond acceptors (Lipinski definition) is 4. The van der Waals surface area contributed by atoms with Crippen LogP contribution in [0.2, 0.25) is 0 Å². The highest BCUT2D eigenvalue weighted by Gasteiger charge is 2.27. The van der Waals surface area contributed by atoms with E-state index < -0.39 is 15.8 Å². The molecule has 5 nitrogen and oxygen atoms in total. The van der Waals surface area contributed by atoms with E-state index in [0.717, 1.165) is 19.4 Å². The van der Waals surface area contributed by atoms with Crippen LogP contribution >= 0.6 is 0 Å². The quantitative estimate of drug-likeness (QED) is 0.735. The van der Waals surface area contributed by atoms with Gasteiger partial charge in [-0.1, -0.05) is 6.92 Å². The first-order valence-electron chi connectivity index (χ1n) is 5.61. The second-order valence-corrected chi connectivity index (χ2v) is 6.64. The van der Waals surface area contributed by atoms with Gasteiger partial charge in [0.15, 0.2) is 9.84 Å². The summed E-state index contributed by atoms with van der Waals surface area (Å²) in [5.74, 6) is -0.514. The third kappa shape index (κ3) is 4.09. The zero-order chi connectivity index (χ0) is 12.2. The van der Waals surface area contributed by atoms with E-state index in [2.05, 4.69) is 0 Å². The summed E-state index contributed by atoms with van der Waals surface area (Å²) >= 11 is 0. The van der Waals surface area contributed by atoms with Crippen LogP contribution in [0.15, 0.2) is 0 Å².